The predicted octanol–water partition coefficient (Wildman–Crippen LogP) is 2.24. The number of hydrogen-bond donors (Lipinski definition) is 0. The Kier molecular flexibility index (Phi) is 2.65. The van der Waals surface area contributed by atoms with Gasteiger partial charge in [-0.1, -0.05) is 5.16 Å². The van der Waals surface area contributed by atoms with Crippen molar-refractivity contribution in [1.82, 2.24) is 19.7 Å². The molecule has 0 aliphatic heterocycles. The Morgan fingerprint density at radius 2 is 2.09 bits per heavy atom. The molecule has 0 fully saturated rings. The minimum atomic E-state index is -0.406. The number of aromatic nitrogens is 4. The van der Waals surface area contributed by atoms with Gasteiger partial charge in [-0.2, -0.15) is 4.98 Å². The maximum absolute atomic E-state index is 11.5. The minimum Gasteiger partial charge on any atom is -0.408 e. The number of rotatable bonds is 2. The van der Waals surface area contributed by atoms with Crippen LogP contribution in [0.2, 0.25) is 0 Å². The van der Waals surface area contributed by atoms with Crippen LogP contribution in [0.1, 0.15) is 0 Å². The van der Waals surface area contributed by atoms with Gasteiger partial charge in [-0.25, -0.2) is 4.79 Å². The third kappa shape index (κ3) is 1.91. The van der Waals surface area contributed by atoms with Gasteiger partial charge in [0.05, 0.1) is 11.1 Å². The van der Waals surface area contributed by atoms with Crippen LogP contribution in [-0.2, 0) is 7.05 Å². The van der Waals surface area contributed by atoms with E-state index in [4.69, 9.17) is 8.94 Å². The number of pyridine rings is 1. The molecule has 1 aromatic carbocycles. The van der Waals surface area contributed by atoms with Gasteiger partial charge in [-0.05, 0) is 30.3 Å². The van der Waals surface area contributed by atoms with E-state index < -0.39 is 5.76 Å². The number of aryl methyl sites for hydroxylation is 1. The van der Waals surface area contributed by atoms with Gasteiger partial charge in [0.25, 0.3) is 5.89 Å². The molecule has 4 rings (SSSR count). The largest absolute Gasteiger partial charge is 0.419 e. The van der Waals surface area contributed by atoms with Crippen molar-refractivity contribution in [1.29, 1.82) is 0 Å². The predicted molar refractivity (Wildman–Crippen MR) is 78.0 cm³/mol. The zero-order valence-electron chi connectivity index (χ0n) is 11.6. The highest BCUT2D eigenvalue weighted by Crippen LogP contribution is 2.24. The van der Waals surface area contributed by atoms with Crippen molar-refractivity contribution in [2.45, 2.75) is 0 Å². The summed E-state index contributed by atoms with van der Waals surface area (Å²) in [5.74, 6) is 0.404. The highest BCUT2D eigenvalue weighted by molar-refractivity contribution is 5.78. The van der Waals surface area contributed by atoms with E-state index in [1.807, 2.05) is 12.1 Å². The molecule has 7 heteroatoms. The van der Waals surface area contributed by atoms with Gasteiger partial charge in [0.15, 0.2) is 5.58 Å². The number of benzene rings is 1. The fraction of sp³-hybridized carbons (Fsp3) is 0.0667. The molecule has 0 aliphatic rings. The van der Waals surface area contributed by atoms with E-state index in [1.165, 1.54) is 4.57 Å². The van der Waals surface area contributed by atoms with Crippen LogP contribution in [0.4, 0.5) is 0 Å². The van der Waals surface area contributed by atoms with Gasteiger partial charge >= 0.3 is 5.76 Å². The lowest BCUT2D eigenvalue weighted by atomic mass is 10.2. The summed E-state index contributed by atoms with van der Waals surface area (Å²) >= 11 is 0. The van der Waals surface area contributed by atoms with Gasteiger partial charge in [0.1, 0.15) is 0 Å². The molecule has 4 aromatic rings. The van der Waals surface area contributed by atoms with Crippen LogP contribution in [0.25, 0.3) is 33.9 Å². The second-order valence-corrected chi connectivity index (χ2v) is 4.77. The van der Waals surface area contributed by atoms with E-state index in [-0.39, 0.29) is 0 Å². The maximum Gasteiger partial charge on any atom is 0.419 e. The smallest absolute Gasteiger partial charge is 0.408 e. The molecule has 3 heterocycles. The Labute approximate surface area is 123 Å². The molecule has 0 atom stereocenters. The zero-order valence-corrected chi connectivity index (χ0v) is 11.6. The monoisotopic (exact) mass is 294 g/mol. The van der Waals surface area contributed by atoms with E-state index >= 15 is 0 Å². The molecule has 0 amide bonds. The molecule has 22 heavy (non-hydrogen) atoms. The Morgan fingerprint density at radius 1 is 1.18 bits per heavy atom. The van der Waals surface area contributed by atoms with Crippen LogP contribution in [-0.4, -0.2) is 19.7 Å². The minimum absolute atomic E-state index is 0.387. The van der Waals surface area contributed by atoms with Crippen molar-refractivity contribution in [3.8, 4) is 22.8 Å². The van der Waals surface area contributed by atoms with Gasteiger partial charge in [-0.15, -0.1) is 0 Å². The molecule has 0 saturated heterocycles. The first-order chi connectivity index (χ1) is 10.7. The summed E-state index contributed by atoms with van der Waals surface area (Å²) in [6.45, 7) is 0. The van der Waals surface area contributed by atoms with Crippen molar-refractivity contribution >= 4 is 11.1 Å². The number of fused-ring (bicyclic) bond motifs is 1. The van der Waals surface area contributed by atoms with Crippen molar-refractivity contribution in [3.63, 3.8) is 0 Å². The van der Waals surface area contributed by atoms with Crippen LogP contribution >= 0.6 is 0 Å². The van der Waals surface area contributed by atoms with Gasteiger partial charge in [0.2, 0.25) is 5.82 Å². The summed E-state index contributed by atoms with van der Waals surface area (Å²) < 4.78 is 11.9. The number of nitrogens with zero attached hydrogens (tertiary/aromatic N) is 4. The lowest BCUT2D eigenvalue weighted by Crippen LogP contribution is -2.08. The van der Waals surface area contributed by atoms with E-state index in [2.05, 4.69) is 15.1 Å². The molecule has 0 aliphatic carbocycles. The van der Waals surface area contributed by atoms with Crippen LogP contribution in [0, 0.1) is 0 Å². The maximum atomic E-state index is 11.5. The molecule has 0 unspecified atom stereocenters. The quantitative estimate of drug-likeness (QED) is 0.563. The molecule has 0 spiro atoms. The lowest BCUT2D eigenvalue weighted by Gasteiger charge is -1.95. The van der Waals surface area contributed by atoms with E-state index in [0.29, 0.717) is 28.4 Å². The van der Waals surface area contributed by atoms with Crippen molar-refractivity contribution < 1.29 is 8.94 Å². The average molecular weight is 294 g/mol. The fourth-order valence-corrected chi connectivity index (χ4v) is 2.22. The summed E-state index contributed by atoms with van der Waals surface area (Å²) in [6.07, 6.45) is 3.32. The number of hydrogen-bond acceptors (Lipinski definition) is 6. The highest BCUT2D eigenvalue weighted by Gasteiger charge is 2.13. The van der Waals surface area contributed by atoms with Crippen LogP contribution in [0.3, 0.4) is 0 Å². The molecular formula is C15H10N4O3. The molecular weight excluding hydrogens is 284 g/mol. The SMILES string of the molecule is Cn1c(=O)oc2cc(-c3noc(-c4cccnc4)n3)ccc21. The normalized spacial score (nSPS) is 11.1. The first kappa shape index (κ1) is 12.5. The van der Waals surface area contributed by atoms with Gasteiger partial charge in [-0.3, -0.25) is 9.55 Å². The summed E-state index contributed by atoms with van der Waals surface area (Å²) in [7, 11) is 1.66. The van der Waals surface area contributed by atoms with Crippen molar-refractivity contribution in [2.24, 2.45) is 7.05 Å². The van der Waals surface area contributed by atoms with Crippen LogP contribution in [0.15, 0.2) is 56.5 Å². The van der Waals surface area contributed by atoms with Gasteiger partial charge in [0, 0.05) is 25.0 Å². The fourth-order valence-electron chi connectivity index (χ4n) is 2.22. The van der Waals surface area contributed by atoms with Crippen LogP contribution in [0.5, 0.6) is 0 Å². The number of oxazole rings is 1. The molecule has 3 aromatic heterocycles. The first-order valence-electron chi connectivity index (χ1n) is 6.56. The van der Waals surface area contributed by atoms with Crippen molar-refractivity contribution in [3.05, 3.63) is 53.3 Å². The molecule has 0 N–H and O–H groups in total. The zero-order chi connectivity index (χ0) is 15.1. The second kappa shape index (κ2) is 4.66. The first-order valence-corrected chi connectivity index (χ1v) is 6.56. The summed E-state index contributed by atoms with van der Waals surface area (Å²) in [5.41, 5.74) is 2.65. The Bertz CT molecular complexity index is 1010. The third-order valence-corrected chi connectivity index (χ3v) is 3.39. The molecule has 0 saturated carbocycles. The van der Waals surface area contributed by atoms with E-state index in [1.54, 1.807) is 37.6 Å². The van der Waals surface area contributed by atoms with Gasteiger partial charge < -0.3 is 8.94 Å². The van der Waals surface area contributed by atoms with E-state index in [0.717, 1.165) is 5.56 Å². The van der Waals surface area contributed by atoms with Crippen molar-refractivity contribution in [2.75, 3.05) is 0 Å². The third-order valence-electron chi connectivity index (χ3n) is 3.39. The average Bonchev–Trinajstić information content (AvgIpc) is 3.14. The lowest BCUT2D eigenvalue weighted by molar-refractivity contribution is 0.432. The van der Waals surface area contributed by atoms with Crippen LogP contribution < -0.4 is 5.76 Å². The van der Waals surface area contributed by atoms with E-state index in [9.17, 15) is 4.79 Å². The summed E-state index contributed by atoms with van der Waals surface area (Å²) in [4.78, 5) is 19.9. The standard InChI is InChI=1S/C15H10N4O3/c1-19-11-5-4-9(7-12(11)21-15(19)20)13-17-14(22-18-13)10-3-2-6-16-8-10/h2-8H,1H3. The Balaban J connectivity index is 1.79. The Morgan fingerprint density at radius 3 is 2.91 bits per heavy atom. The topological polar surface area (TPSA) is 87.0 Å². The molecule has 0 bridgehead atoms. The summed E-state index contributed by atoms with van der Waals surface area (Å²) in [6, 6.07) is 8.95. The highest BCUT2D eigenvalue weighted by atomic mass is 16.5. The Hall–Kier alpha value is -3.22. The second-order valence-electron chi connectivity index (χ2n) is 4.77. The molecule has 108 valence electrons. The summed E-state index contributed by atoms with van der Waals surface area (Å²) in [5, 5.41) is 3.96. The molecule has 7 nitrogen and oxygen atoms in total. The molecule has 0 radical (unpaired) electrons.